The minimum atomic E-state index is -3.77. The first-order chi connectivity index (χ1) is 43.9. The highest BCUT2D eigenvalue weighted by Gasteiger charge is 2.31. The van der Waals surface area contributed by atoms with E-state index in [1.165, 1.54) is 57.3 Å². The minimum absolute atomic E-state index is 0.0275. The van der Waals surface area contributed by atoms with Crippen molar-refractivity contribution in [2.24, 2.45) is 5.16 Å². The summed E-state index contributed by atoms with van der Waals surface area (Å²) < 4.78 is 124. The molecule has 0 spiro atoms. The molecule has 2 amide bonds. The number of anilines is 2. The SMILES string of the molecule is C=C(C)CO/N=C(\C)c1cc(C(O)N[C@@H](Cc2cc(F)cc(F)c2)[C@H](O)CNCc2cccc(OC)c2)cc(N(C)S(C)(=O)=O)c1.COc1cccc(CN(C[C@@H](O)[C@H](Cc2cc(F)cc(F)c2)NC(=O)c2cc(C(C)=O)cc(N(C)S(C)(=O)=O)c2)C(=O)OC(C)(C)C)c1. The number of sulfonamides is 2. The predicted octanol–water partition coefficient (Wildman–Crippen LogP) is 8.74. The largest absolute Gasteiger partial charge is 0.497 e. The smallest absolute Gasteiger partial charge is 0.410 e. The van der Waals surface area contributed by atoms with Crippen LogP contribution in [0.15, 0.2) is 139 Å². The van der Waals surface area contributed by atoms with Gasteiger partial charge in [0.15, 0.2) is 5.78 Å². The molecule has 0 radical (unpaired) electrons. The number of benzene rings is 6. The molecule has 21 nitrogen and oxygen atoms in total. The number of nitrogens with one attached hydrogen (secondary N) is 3. The Kier molecular flexibility index (Phi) is 27.7. The van der Waals surface area contributed by atoms with Gasteiger partial charge in [0.1, 0.15) is 53.2 Å². The van der Waals surface area contributed by atoms with E-state index in [4.69, 9.17) is 19.0 Å². The Morgan fingerprint density at radius 3 is 1.65 bits per heavy atom. The third-order valence-corrected chi connectivity index (χ3v) is 16.7. The Morgan fingerprint density at radius 2 is 1.14 bits per heavy atom. The zero-order valence-electron chi connectivity index (χ0n) is 54.5. The van der Waals surface area contributed by atoms with E-state index >= 15 is 0 Å². The van der Waals surface area contributed by atoms with Gasteiger partial charge in [0.2, 0.25) is 20.0 Å². The molecule has 27 heteroatoms. The van der Waals surface area contributed by atoms with Crippen LogP contribution in [-0.2, 0) is 55.6 Å². The van der Waals surface area contributed by atoms with E-state index in [1.54, 1.807) is 78.1 Å². The van der Waals surface area contributed by atoms with Crippen LogP contribution in [0.2, 0.25) is 0 Å². The molecule has 0 fully saturated rings. The van der Waals surface area contributed by atoms with Gasteiger partial charge >= 0.3 is 6.09 Å². The van der Waals surface area contributed by atoms with E-state index in [-0.39, 0.29) is 78.3 Å². The number of oxime groups is 1. The summed E-state index contributed by atoms with van der Waals surface area (Å²) in [6, 6.07) is 26.5. The average Bonchev–Trinajstić information content (AvgIpc) is 0.820. The summed E-state index contributed by atoms with van der Waals surface area (Å²) in [5, 5.41) is 47.1. The number of rotatable bonds is 30. The summed E-state index contributed by atoms with van der Waals surface area (Å²) in [5.41, 5.74) is 3.12. The first-order valence-corrected chi connectivity index (χ1v) is 33.1. The van der Waals surface area contributed by atoms with Gasteiger partial charge in [0, 0.05) is 68.6 Å². The number of hydrogen-bond donors (Lipinski definition) is 6. The van der Waals surface area contributed by atoms with Gasteiger partial charge in [-0.3, -0.25) is 23.5 Å². The number of carbonyl (C=O) groups is 3. The van der Waals surface area contributed by atoms with Gasteiger partial charge in [-0.2, -0.15) is 0 Å². The lowest BCUT2D eigenvalue weighted by molar-refractivity contribution is 0.00835. The van der Waals surface area contributed by atoms with Crippen LogP contribution < -0.4 is 34.0 Å². The lowest BCUT2D eigenvalue weighted by Crippen LogP contribution is -2.51. The maximum Gasteiger partial charge on any atom is 0.410 e. The van der Waals surface area contributed by atoms with E-state index in [2.05, 4.69) is 27.7 Å². The highest BCUT2D eigenvalue weighted by Crippen LogP contribution is 2.27. The first-order valence-electron chi connectivity index (χ1n) is 29.4. The molecule has 0 aliphatic carbocycles. The molecule has 0 aromatic heterocycles. The Balaban J connectivity index is 0.000000341. The van der Waals surface area contributed by atoms with E-state index in [0.29, 0.717) is 40.9 Å². The number of ether oxygens (including phenoxy) is 3. The average molecular weight is 1350 g/mol. The number of aliphatic hydroxyl groups excluding tert-OH is 3. The first kappa shape index (κ1) is 76.3. The van der Waals surface area contributed by atoms with Gasteiger partial charge in [-0.05, 0) is 173 Å². The Morgan fingerprint density at radius 1 is 0.638 bits per heavy atom. The van der Waals surface area contributed by atoms with Gasteiger partial charge in [-0.25, -0.2) is 39.2 Å². The molecule has 0 aliphatic heterocycles. The molecule has 0 heterocycles. The minimum Gasteiger partial charge on any atom is -0.497 e. The van der Waals surface area contributed by atoms with E-state index in [0.717, 1.165) is 62.6 Å². The van der Waals surface area contributed by atoms with Crippen LogP contribution in [0.4, 0.5) is 33.7 Å². The van der Waals surface area contributed by atoms with Crippen molar-refractivity contribution in [3.05, 3.63) is 201 Å². The summed E-state index contributed by atoms with van der Waals surface area (Å²) in [5.74, 6) is -3.34. The Labute approximate surface area is 547 Å². The second kappa shape index (κ2) is 34.1. The summed E-state index contributed by atoms with van der Waals surface area (Å²) in [4.78, 5) is 45.9. The molecule has 510 valence electrons. The molecule has 94 heavy (non-hydrogen) atoms. The molecule has 6 N–H and O–H groups in total. The number of nitrogens with zero attached hydrogens (tertiary/aromatic N) is 4. The summed E-state index contributed by atoms with van der Waals surface area (Å²) in [6.45, 7) is 13.7. The quantitative estimate of drug-likeness (QED) is 0.00614. The van der Waals surface area contributed by atoms with Crippen molar-refractivity contribution in [3.63, 3.8) is 0 Å². The van der Waals surface area contributed by atoms with E-state index in [9.17, 15) is 64.1 Å². The second-order valence-corrected chi connectivity index (χ2v) is 27.6. The fourth-order valence-electron chi connectivity index (χ4n) is 9.25. The van der Waals surface area contributed by atoms with Gasteiger partial charge < -0.3 is 49.9 Å². The molecule has 6 rings (SSSR count). The molecule has 0 saturated carbocycles. The standard InChI is InChI=1S/C34H41F2N3O8S.C33H42F2N4O6S/c1-21(40)24-15-25(17-28(16-24)38(5)48(7,44)45)32(42)37-30(14-23-11-26(35)18-27(36)12-23)31(41)20-39(33(43)47-34(2,3)4)19-22-9-8-10-29(13-22)46-6;1-21(2)20-45-38-22(3)25-14-26(16-29(15-25)39(4)46(6,42)43)33(41)37-31(13-24-10-27(34)17-28(35)11-24)32(40)19-36-18-23-8-7-9-30(12-23)44-5/h8-13,15-18,30-31,41H,14,19-20H2,1-7H3,(H,37,42);7-12,14-17,31-33,36-37,40-41H,1,13,18-20H2,2-6H3/b;38-22+/t30-,31+;31-,32+,33?/m00/s1. The lowest BCUT2D eigenvalue weighted by Gasteiger charge is -2.32. The monoisotopic (exact) mass is 1350 g/mol. The summed E-state index contributed by atoms with van der Waals surface area (Å²) in [6.07, 6.45) is -3.17. The molecule has 0 saturated heterocycles. The van der Waals surface area contributed by atoms with Crippen LogP contribution in [0.1, 0.15) is 102 Å². The van der Waals surface area contributed by atoms with Gasteiger partial charge in [0.25, 0.3) is 5.91 Å². The highest BCUT2D eigenvalue weighted by atomic mass is 32.2. The lowest BCUT2D eigenvalue weighted by atomic mass is 9.99. The Bertz CT molecular complexity index is 3850. The van der Waals surface area contributed by atoms with Crippen molar-refractivity contribution in [1.82, 2.24) is 20.9 Å². The number of halogens is 4. The molecule has 6 aromatic rings. The molecule has 5 atom stereocenters. The van der Waals surface area contributed by atoms with Crippen molar-refractivity contribution >= 4 is 54.9 Å². The zero-order chi connectivity index (χ0) is 70.0. The van der Waals surface area contributed by atoms with Gasteiger partial charge in [-0.1, -0.05) is 36.0 Å². The van der Waals surface area contributed by atoms with Crippen molar-refractivity contribution < 1.29 is 83.1 Å². The van der Waals surface area contributed by atoms with Crippen LogP contribution in [0.25, 0.3) is 0 Å². The van der Waals surface area contributed by atoms with Gasteiger partial charge in [0.05, 0.1) is 68.6 Å². The molecule has 1 unspecified atom stereocenters. The van der Waals surface area contributed by atoms with Gasteiger partial charge in [-0.15, -0.1) is 0 Å². The van der Waals surface area contributed by atoms with E-state index in [1.807, 2.05) is 24.3 Å². The number of carbonyl (C=O) groups excluding carboxylic acids is 3. The topological polar surface area (TPSA) is 275 Å². The fourth-order valence-corrected chi connectivity index (χ4v) is 10.2. The van der Waals surface area contributed by atoms with Crippen LogP contribution in [0, 0.1) is 23.3 Å². The maximum absolute atomic E-state index is 14.2. The fraction of sp³-hybridized carbons (Fsp3) is 0.373. The molecule has 0 bridgehead atoms. The molecule has 6 aromatic carbocycles. The predicted molar refractivity (Wildman–Crippen MR) is 352 cm³/mol. The number of Topliss-reactive ketones (excluding diaryl/α,β-unsaturated/α-hetero) is 1. The van der Waals surface area contributed by atoms with Crippen LogP contribution in [0.5, 0.6) is 11.5 Å². The molecular formula is C67H83F4N7O14S2. The van der Waals surface area contributed by atoms with Crippen molar-refractivity contribution in [3.8, 4) is 11.5 Å². The number of aliphatic hydroxyl groups is 3. The normalized spacial score (nSPS) is 13.4. The molecular weight excluding hydrogens is 1270 g/mol. The summed E-state index contributed by atoms with van der Waals surface area (Å²) in [7, 11) is -1.75. The van der Waals surface area contributed by atoms with Crippen molar-refractivity contribution in [2.75, 3.05) is 69.1 Å². The van der Waals surface area contributed by atoms with E-state index < -0.39 is 97.2 Å². The van der Waals surface area contributed by atoms with Crippen molar-refractivity contribution in [1.29, 1.82) is 0 Å². The Hall–Kier alpha value is -8.44. The summed E-state index contributed by atoms with van der Waals surface area (Å²) >= 11 is 0. The van der Waals surface area contributed by atoms with Crippen LogP contribution >= 0.6 is 0 Å². The number of hydrogen-bond acceptors (Lipinski definition) is 17. The maximum atomic E-state index is 14.2. The highest BCUT2D eigenvalue weighted by molar-refractivity contribution is 7.92. The second-order valence-electron chi connectivity index (χ2n) is 23.6. The number of amides is 2. The molecule has 0 aliphatic rings. The van der Waals surface area contributed by atoms with Crippen LogP contribution in [0.3, 0.4) is 0 Å². The van der Waals surface area contributed by atoms with Crippen LogP contribution in [-0.4, -0.2) is 151 Å². The zero-order valence-corrected chi connectivity index (χ0v) is 56.2. The third kappa shape index (κ3) is 24.5. The van der Waals surface area contributed by atoms with Crippen molar-refractivity contribution in [2.45, 2.75) is 104 Å². The third-order valence-electron chi connectivity index (χ3n) is 14.3. The number of methoxy groups -OCH3 is 2. The number of ketones is 1.